The number of hydrogen-bond acceptors (Lipinski definition) is 6. The third-order valence-corrected chi connectivity index (χ3v) is 4.29. The lowest BCUT2D eigenvalue weighted by Crippen LogP contribution is -2.13. The molecule has 0 aliphatic carbocycles. The molecule has 8 nitrogen and oxygen atoms in total. The van der Waals surface area contributed by atoms with Crippen LogP contribution in [0.5, 0.6) is 0 Å². The molecule has 0 saturated carbocycles. The summed E-state index contributed by atoms with van der Waals surface area (Å²) in [6.45, 7) is 4.24. The maximum atomic E-state index is 13.0. The first-order valence-electron chi connectivity index (χ1n) is 8.85. The molecule has 0 spiro atoms. The van der Waals surface area contributed by atoms with Gasteiger partial charge in [0, 0.05) is 5.69 Å². The SMILES string of the molecule is Cc1ccc(C)c(NC(=O)c2nc(-c3cn(Cc4ccc(F)cc4)nn3)no2)c1. The number of carbonyl (C=O) groups is 1. The first-order valence-corrected chi connectivity index (χ1v) is 8.85. The van der Waals surface area contributed by atoms with Gasteiger partial charge in [-0.05, 0) is 48.7 Å². The highest BCUT2D eigenvalue weighted by molar-refractivity contribution is 6.01. The predicted molar refractivity (Wildman–Crippen MR) is 103 cm³/mol. The van der Waals surface area contributed by atoms with E-state index in [1.807, 2.05) is 32.0 Å². The molecule has 0 aliphatic rings. The van der Waals surface area contributed by atoms with Crippen LogP contribution in [0.25, 0.3) is 11.5 Å². The summed E-state index contributed by atoms with van der Waals surface area (Å²) in [7, 11) is 0. The number of amides is 1. The average molecular weight is 392 g/mol. The molecule has 0 unspecified atom stereocenters. The Morgan fingerprint density at radius 1 is 1.17 bits per heavy atom. The molecule has 0 fully saturated rings. The highest BCUT2D eigenvalue weighted by Crippen LogP contribution is 2.18. The Bertz CT molecular complexity index is 1170. The lowest BCUT2D eigenvalue weighted by atomic mass is 10.1. The number of aromatic nitrogens is 5. The zero-order chi connectivity index (χ0) is 20.4. The second kappa shape index (κ2) is 7.63. The number of benzene rings is 2. The molecule has 1 N–H and O–H groups in total. The fraction of sp³-hybridized carbons (Fsp3) is 0.150. The predicted octanol–water partition coefficient (Wildman–Crippen LogP) is 3.38. The van der Waals surface area contributed by atoms with E-state index in [2.05, 4.69) is 25.8 Å². The highest BCUT2D eigenvalue weighted by Gasteiger charge is 2.19. The number of aryl methyl sites for hydroxylation is 2. The number of nitrogens with one attached hydrogen (secondary N) is 1. The summed E-state index contributed by atoms with van der Waals surface area (Å²) in [6.07, 6.45) is 1.63. The molecule has 146 valence electrons. The topological polar surface area (TPSA) is 98.7 Å². The van der Waals surface area contributed by atoms with Crippen molar-refractivity contribution in [1.29, 1.82) is 0 Å². The van der Waals surface area contributed by atoms with Gasteiger partial charge in [-0.15, -0.1) is 5.10 Å². The van der Waals surface area contributed by atoms with Crippen molar-refractivity contribution in [3.63, 3.8) is 0 Å². The maximum Gasteiger partial charge on any atom is 0.316 e. The summed E-state index contributed by atoms with van der Waals surface area (Å²) in [4.78, 5) is 16.5. The Kier molecular flexibility index (Phi) is 4.86. The molecule has 2 aromatic heterocycles. The number of halogens is 1. The third kappa shape index (κ3) is 4.18. The standard InChI is InChI=1S/C20H17FN6O2/c1-12-3-4-13(2)16(9-12)22-19(28)20-23-18(25-29-20)17-11-27(26-24-17)10-14-5-7-15(21)8-6-14/h3-9,11H,10H2,1-2H3,(H,22,28). The van der Waals surface area contributed by atoms with Gasteiger partial charge in [-0.2, -0.15) is 4.98 Å². The molecule has 2 heterocycles. The number of hydrogen-bond donors (Lipinski definition) is 1. The van der Waals surface area contributed by atoms with Crippen molar-refractivity contribution in [3.8, 4) is 11.5 Å². The highest BCUT2D eigenvalue weighted by atomic mass is 19.1. The van der Waals surface area contributed by atoms with Crippen LogP contribution in [0.2, 0.25) is 0 Å². The molecule has 0 radical (unpaired) electrons. The fourth-order valence-corrected chi connectivity index (χ4v) is 2.72. The first-order chi connectivity index (χ1) is 14.0. The quantitative estimate of drug-likeness (QED) is 0.559. The minimum atomic E-state index is -0.504. The lowest BCUT2D eigenvalue weighted by Gasteiger charge is -2.06. The van der Waals surface area contributed by atoms with Crippen LogP contribution in [-0.2, 0) is 6.54 Å². The van der Waals surface area contributed by atoms with Crippen LogP contribution in [0.15, 0.2) is 53.2 Å². The van der Waals surface area contributed by atoms with Gasteiger partial charge in [0.2, 0.25) is 5.82 Å². The molecule has 9 heteroatoms. The van der Waals surface area contributed by atoms with E-state index in [0.717, 1.165) is 16.7 Å². The summed E-state index contributed by atoms with van der Waals surface area (Å²) in [6, 6.07) is 11.8. The Morgan fingerprint density at radius 2 is 1.97 bits per heavy atom. The monoisotopic (exact) mass is 392 g/mol. The van der Waals surface area contributed by atoms with Crippen LogP contribution in [-0.4, -0.2) is 31.0 Å². The fourth-order valence-electron chi connectivity index (χ4n) is 2.72. The van der Waals surface area contributed by atoms with E-state index in [4.69, 9.17) is 4.52 Å². The summed E-state index contributed by atoms with van der Waals surface area (Å²) in [5, 5.41) is 14.6. The average Bonchev–Trinajstić information content (AvgIpc) is 3.36. The molecular formula is C20H17FN6O2. The van der Waals surface area contributed by atoms with Gasteiger partial charge in [-0.25, -0.2) is 9.07 Å². The number of nitrogens with zero attached hydrogens (tertiary/aromatic N) is 5. The van der Waals surface area contributed by atoms with E-state index in [-0.39, 0.29) is 17.5 Å². The molecular weight excluding hydrogens is 375 g/mol. The zero-order valence-electron chi connectivity index (χ0n) is 15.8. The summed E-state index contributed by atoms with van der Waals surface area (Å²) < 4.78 is 19.6. The van der Waals surface area contributed by atoms with Crippen LogP contribution < -0.4 is 5.32 Å². The van der Waals surface area contributed by atoms with Crippen molar-refractivity contribution in [2.75, 3.05) is 5.32 Å². The van der Waals surface area contributed by atoms with Crippen molar-refractivity contribution in [2.45, 2.75) is 20.4 Å². The first kappa shape index (κ1) is 18.5. The molecule has 4 aromatic rings. The van der Waals surface area contributed by atoms with Crippen LogP contribution in [0.4, 0.5) is 10.1 Å². The zero-order valence-corrected chi connectivity index (χ0v) is 15.8. The van der Waals surface area contributed by atoms with Gasteiger partial charge >= 0.3 is 11.8 Å². The van der Waals surface area contributed by atoms with Gasteiger partial charge in [0.15, 0.2) is 5.69 Å². The molecule has 4 rings (SSSR count). The Labute approximate surface area is 165 Å². The van der Waals surface area contributed by atoms with E-state index in [1.54, 1.807) is 23.0 Å². The van der Waals surface area contributed by atoms with Crippen molar-refractivity contribution in [1.82, 2.24) is 25.1 Å². The van der Waals surface area contributed by atoms with Crippen molar-refractivity contribution < 1.29 is 13.7 Å². The molecule has 0 aliphatic heterocycles. The maximum absolute atomic E-state index is 13.0. The van der Waals surface area contributed by atoms with E-state index in [0.29, 0.717) is 17.9 Å². The normalized spacial score (nSPS) is 10.9. The van der Waals surface area contributed by atoms with Gasteiger partial charge in [-0.1, -0.05) is 34.6 Å². The summed E-state index contributed by atoms with van der Waals surface area (Å²) >= 11 is 0. The minimum Gasteiger partial charge on any atom is -0.328 e. The molecule has 29 heavy (non-hydrogen) atoms. The number of anilines is 1. The van der Waals surface area contributed by atoms with Crippen molar-refractivity contribution in [3.05, 3.63) is 77.1 Å². The summed E-state index contributed by atoms with van der Waals surface area (Å²) in [5.41, 5.74) is 3.86. The van der Waals surface area contributed by atoms with Crippen LogP contribution in [0, 0.1) is 19.7 Å². The molecule has 0 bridgehead atoms. The van der Waals surface area contributed by atoms with E-state index < -0.39 is 5.91 Å². The molecule has 1 amide bonds. The second-order valence-electron chi connectivity index (χ2n) is 6.62. The van der Waals surface area contributed by atoms with E-state index >= 15 is 0 Å². The van der Waals surface area contributed by atoms with Crippen LogP contribution in [0.3, 0.4) is 0 Å². The van der Waals surface area contributed by atoms with Crippen LogP contribution >= 0.6 is 0 Å². The number of rotatable bonds is 5. The number of carbonyl (C=O) groups excluding carboxylic acids is 1. The minimum absolute atomic E-state index is 0.154. The third-order valence-electron chi connectivity index (χ3n) is 4.29. The Balaban J connectivity index is 1.47. The van der Waals surface area contributed by atoms with Gasteiger partial charge < -0.3 is 9.84 Å². The largest absolute Gasteiger partial charge is 0.328 e. The van der Waals surface area contributed by atoms with Crippen molar-refractivity contribution >= 4 is 11.6 Å². The lowest BCUT2D eigenvalue weighted by molar-refractivity contribution is 0.0981. The summed E-state index contributed by atoms with van der Waals surface area (Å²) in [5.74, 6) is -0.821. The molecule has 2 aromatic carbocycles. The second-order valence-corrected chi connectivity index (χ2v) is 6.62. The van der Waals surface area contributed by atoms with E-state index in [1.165, 1.54) is 12.1 Å². The van der Waals surface area contributed by atoms with Crippen molar-refractivity contribution in [2.24, 2.45) is 0 Å². The van der Waals surface area contributed by atoms with Crippen LogP contribution in [0.1, 0.15) is 27.4 Å². The Hall–Kier alpha value is -3.88. The van der Waals surface area contributed by atoms with Gasteiger partial charge in [-0.3, -0.25) is 4.79 Å². The van der Waals surface area contributed by atoms with Gasteiger partial charge in [0.05, 0.1) is 12.7 Å². The Morgan fingerprint density at radius 3 is 2.76 bits per heavy atom. The molecule has 0 atom stereocenters. The van der Waals surface area contributed by atoms with Gasteiger partial charge in [0.25, 0.3) is 0 Å². The van der Waals surface area contributed by atoms with Gasteiger partial charge in [0.1, 0.15) is 5.82 Å². The van der Waals surface area contributed by atoms with E-state index in [9.17, 15) is 9.18 Å². The molecule has 0 saturated heterocycles. The smallest absolute Gasteiger partial charge is 0.316 e.